The van der Waals surface area contributed by atoms with Gasteiger partial charge in [-0.05, 0) is 54.1 Å². The molecule has 0 saturated heterocycles. The van der Waals surface area contributed by atoms with Crippen LogP contribution < -0.4 is 0 Å². The first kappa shape index (κ1) is 12.4. The van der Waals surface area contributed by atoms with Crippen LogP contribution in [0.2, 0.25) is 0 Å². The third-order valence-electron chi connectivity index (χ3n) is 3.30. The number of rotatable bonds is 4. The number of nitrogens with zero attached hydrogens (tertiary/aromatic N) is 3. The molecule has 0 atom stereocenters. The summed E-state index contributed by atoms with van der Waals surface area (Å²) in [6, 6.07) is 0. The van der Waals surface area contributed by atoms with Gasteiger partial charge in [0.05, 0.1) is 10.7 Å². The highest BCUT2D eigenvalue weighted by atomic mass is 79.9. The second-order valence-corrected chi connectivity index (χ2v) is 7.07. The van der Waals surface area contributed by atoms with Gasteiger partial charge in [-0.3, -0.25) is 4.68 Å². The third-order valence-corrected chi connectivity index (χ3v) is 5.19. The minimum absolute atomic E-state index is 0.870. The predicted octanol–water partition coefficient (Wildman–Crippen LogP) is 3.72. The molecule has 2 aromatic heterocycles. The van der Waals surface area contributed by atoms with Crippen LogP contribution in [-0.4, -0.2) is 14.8 Å². The standard InChI is InChI=1S/C13H16BrN3S/c1-8-11(5-12-13(14)15-9(2)18-12)7-17(16-8)6-10-3-4-10/h7,10H,3-6H2,1-2H3. The Morgan fingerprint density at radius 1 is 1.44 bits per heavy atom. The predicted molar refractivity (Wildman–Crippen MR) is 77.0 cm³/mol. The van der Waals surface area contributed by atoms with E-state index in [2.05, 4.69) is 43.8 Å². The first-order chi connectivity index (χ1) is 8.61. The Morgan fingerprint density at radius 3 is 2.83 bits per heavy atom. The highest BCUT2D eigenvalue weighted by Gasteiger charge is 2.22. The van der Waals surface area contributed by atoms with Crippen molar-refractivity contribution >= 4 is 27.3 Å². The summed E-state index contributed by atoms with van der Waals surface area (Å²) in [5, 5.41) is 5.72. The van der Waals surface area contributed by atoms with Gasteiger partial charge in [-0.2, -0.15) is 5.10 Å². The molecule has 0 spiro atoms. The van der Waals surface area contributed by atoms with E-state index in [0.717, 1.165) is 34.2 Å². The molecule has 0 aromatic carbocycles. The first-order valence-electron chi connectivity index (χ1n) is 6.26. The van der Waals surface area contributed by atoms with Crippen LogP contribution in [0, 0.1) is 19.8 Å². The van der Waals surface area contributed by atoms with Crippen molar-refractivity contribution in [2.24, 2.45) is 5.92 Å². The van der Waals surface area contributed by atoms with E-state index in [4.69, 9.17) is 0 Å². The molecule has 3 nitrogen and oxygen atoms in total. The molecule has 0 amide bonds. The average molecular weight is 326 g/mol. The van der Waals surface area contributed by atoms with E-state index in [1.54, 1.807) is 11.3 Å². The van der Waals surface area contributed by atoms with Crippen molar-refractivity contribution in [3.05, 3.63) is 31.9 Å². The molecule has 0 aliphatic heterocycles. The Hall–Kier alpha value is -0.680. The zero-order valence-corrected chi connectivity index (χ0v) is 13.0. The molecule has 3 rings (SSSR count). The monoisotopic (exact) mass is 325 g/mol. The van der Waals surface area contributed by atoms with Crippen molar-refractivity contribution < 1.29 is 0 Å². The SMILES string of the molecule is Cc1nc(Br)c(Cc2cn(CC3CC3)nc2C)s1. The minimum atomic E-state index is 0.870. The van der Waals surface area contributed by atoms with E-state index in [-0.39, 0.29) is 0 Å². The lowest BCUT2D eigenvalue weighted by Gasteiger charge is -1.97. The summed E-state index contributed by atoms with van der Waals surface area (Å²) < 4.78 is 3.10. The summed E-state index contributed by atoms with van der Waals surface area (Å²) >= 11 is 5.29. The van der Waals surface area contributed by atoms with Crippen LogP contribution in [0.15, 0.2) is 10.8 Å². The van der Waals surface area contributed by atoms with Gasteiger partial charge in [0.15, 0.2) is 0 Å². The van der Waals surface area contributed by atoms with E-state index in [1.807, 2.05) is 6.92 Å². The zero-order chi connectivity index (χ0) is 12.7. The summed E-state index contributed by atoms with van der Waals surface area (Å²) in [7, 11) is 0. The molecule has 1 saturated carbocycles. The van der Waals surface area contributed by atoms with Crippen molar-refractivity contribution in [1.29, 1.82) is 0 Å². The van der Waals surface area contributed by atoms with Crippen LogP contribution >= 0.6 is 27.3 Å². The van der Waals surface area contributed by atoms with Gasteiger partial charge in [-0.1, -0.05) is 0 Å². The number of thiazole rings is 1. The van der Waals surface area contributed by atoms with Gasteiger partial charge in [-0.25, -0.2) is 4.98 Å². The molecular weight excluding hydrogens is 310 g/mol. The zero-order valence-electron chi connectivity index (χ0n) is 10.6. The van der Waals surface area contributed by atoms with Crippen molar-refractivity contribution in [3.63, 3.8) is 0 Å². The Kier molecular flexibility index (Phi) is 3.28. The van der Waals surface area contributed by atoms with E-state index in [9.17, 15) is 0 Å². The van der Waals surface area contributed by atoms with Crippen LogP contribution in [0.3, 0.4) is 0 Å². The van der Waals surface area contributed by atoms with Crippen molar-refractivity contribution in [3.8, 4) is 0 Å². The fourth-order valence-corrected chi connectivity index (χ4v) is 3.73. The molecule has 0 unspecified atom stereocenters. The maximum absolute atomic E-state index is 4.61. The third kappa shape index (κ3) is 2.67. The lowest BCUT2D eigenvalue weighted by Crippen LogP contribution is -1.99. The molecule has 1 aliphatic carbocycles. The van der Waals surface area contributed by atoms with Gasteiger partial charge in [0.1, 0.15) is 4.60 Å². The van der Waals surface area contributed by atoms with Crippen LogP contribution in [0.4, 0.5) is 0 Å². The van der Waals surface area contributed by atoms with Crippen molar-refractivity contribution in [2.45, 2.75) is 39.7 Å². The van der Waals surface area contributed by atoms with Crippen molar-refractivity contribution in [2.75, 3.05) is 0 Å². The van der Waals surface area contributed by atoms with Gasteiger partial charge in [-0.15, -0.1) is 11.3 Å². The lowest BCUT2D eigenvalue weighted by atomic mass is 10.2. The fourth-order valence-electron chi connectivity index (χ4n) is 2.12. The van der Waals surface area contributed by atoms with Gasteiger partial charge < -0.3 is 0 Å². The first-order valence-corrected chi connectivity index (χ1v) is 7.87. The molecule has 96 valence electrons. The second kappa shape index (κ2) is 4.78. The molecule has 0 radical (unpaired) electrons. The average Bonchev–Trinajstić information content (AvgIpc) is 2.95. The molecule has 5 heteroatoms. The highest BCUT2D eigenvalue weighted by molar-refractivity contribution is 9.10. The Bertz CT molecular complexity index is 569. The van der Waals surface area contributed by atoms with E-state index in [1.165, 1.54) is 23.3 Å². The maximum Gasteiger partial charge on any atom is 0.120 e. The smallest absolute Gasteiger partial charge is 0.120 e. The quantitative estimate of drug-likeness (QED) is 0.857. The molecular formula is C13H16BrN3S. The van der Waals surface area contributed by atoms with Crippen LogP contribution in [0.1, 0.15) is 34.0 Å². The van der Waals surface area contributed by atoms with Gasteiger partial charge in [0.25, 0.3) is 0 Å². The Morgan fingerprint density at radius 2 is 2.22 bits per heavy atom. The Balaban J connectivity index is 1.78. The molecule has 2 aromatic rings. The molecule has 0 N–H and O–H groups in total. The highest BCUT2D eigenvalue weighted by Crippen LogP contribution is 2.31. The largest absolute Gasteiger partial charge is 0.272 e. The normalized spacial score (nSPS) is 15.3. The van der Waals surface area contributed by atoms with Crippen molar-refractivity contribution in [1.82, 2.24) is 14.8 Å². The summed E-state index contributed by atoms with van der Waals surface area (Å²) in [6.07, 6.45) is 5.87. The van der Waals surface area contributed by atoms with Crippen LogP contribution in [0.25, 0.3) is 0 Å². The van der Waals surface area contributed by atoms with Gasteiger partial charge in [0, 0.05) is 24.0 Å². The van der Waals surface area contributed by atoms with E-state index in [0.29, 0.717) is 0 Å². The van der Waals surface area contributed by atoms with E-state index >= 15 is 0 Å². The molecule has 1 fully saturated rings. The molecule has 2 heterocycles. The summed E-state index contributed by atoms with van der Waals surface area (Å²) in [5.74, 6) is 0.870. The number of halogens is 1. The van der Waals surface area contributed by atoms with E-state index < -0.39 is 0 Å². The number of aryl methyl sites for hydroxylation is 2. The maximum atomic E-state index is 4.61. The molecule has 18 heavy (non-hydrogen) atoms. The lowest BCUT2D eigenvalue weighted by molar-refractivity contribution is 0.559. The number of aromatic nitrogens is 3. The topological polar surface area (TPSA) is 30.7 Å². The summed E-state index contributed by atoms with van der Waals surface area (Å²) in [5.41, 5.74) is 2.47. The summed E-state index contributed by atoms with van der Waals surface area (Å²) in [6.45, 7) is 5.23. The second-order valence-electron chi connectivity index (χ2n) is 5.03. The van der Waals surface area contributed by atoms with Gasteiger partial charge >= 0.3 is 0 Å². The minimum Gasteiger partial charge on any atom is -0.272 e. The number of hydrogen-bond acceptors (Lipinski definition) is 3. The molecule has 1 aliphatic rings. The Labute approximate surface area is 119 Å². The fraction of sp³-hybridized carbons (Fsp3) is 0.538. The van der Waals surface area contributed by atoms with Crippen LogP contribution in [0.5, 0.6) is 0 Å². The van der Waals surface area contributed by atoms with Gasteiger partial charge in [0.2, 0.25) is 0 Å². The van der Waals surface area contributed by atoms with Crippen LogP contribution in [-0.2, 0) is 13.0 Å². The summed E-state index contributed by atoms with van der Waals surface area (Å²) in [4.78, 5) is 5.70. The molecule has 0 bridgehead atoms. The number of hydrogen-bond donors (Lipinski definition) is 0.